The van der Waals surface area contributed by atoms with Crippen LogP contribution in [0.4, 0.5) is 0 Å². The fourth-order valence-electron chi connectivity index (χ4n) is 4.95. The van der Waals surface area contributed by atoms with E-state index >= 15 is 0 Å². The first-order chi connectivity index (χ1) is 9.78. The molecule has 2 nitrogen and oxygen atoms in total. The molecular weight excluding hydrogens is 246 g/mol. The van der Waals surface area contributed by atoms with Gasteiger partial charge in [0.1, 0.15) is 5.75 Å². The van der Waals surface area contributed by atoms with Gasteiger partial charge in [-0.15, -0.1) is 0 Å². The van der Waals surface area contributed by atoms with E-state index in [0.717, 1.165) is 42.1 Å². The molecule has 0 aromatic heterocycles. The minimum atomic E-state index is 0.459. The van der Waals surface area contributed by atoms with E-state index in [1.807, 2.05) is 6.92 Å². The van der Waals surface area contributed by atoms with E-state index in [1.165, 1.54) is 24.8 Å². The van der Waals surface area contributed by atoms with E-state index in [4.69, 9.17) is 4.74 Å². The van der Waals surface area contributed by atoms with E-state index in [0.29, 0.717) is 6.04 Å². The molecule has 0 amide bonds. The molecule has 3 aliphatic rings. The summed E-state index contributed by atoms with van der Waals surface area (Å²) in [7, 11) is 0. The molecule has 0 saturated heterocycles. The highest BCUT2D eigenvalue weighted by Gasteiger charge is 2.64. The summed E-state index contributed by atoms with van der Waals surface area (Å²) in [5, 5.41) is 3.88. The Kier molecular flexibility index (Phi) is 3.03. The molecule has 0 radical (unpaired) electrons. The van der Waals surface area contributed by atoms with Gasteiger partial charge in [0.05, 0.1) is 6.61 Å². The second-order valence-electron chi connectivity index (χ2n) is 6.90. The van der Waals surface area contributed by atoms with Crippen molar-refractivity contribution in [1.82, 2.24) is 5.32 Å². The molecule has 2 bridgehead atoms. The molecule has 3 saturated carbocycles. The van der Waals surface area contributed by atoms with E-state index in [2.05, 4.69) is 36.5 Å². The Labute approximate surface area is 121 Å². The van der Waals surface area contributed by atoms with Crippen molar-refractivity contribution in [1.29, 1.82) is 0 Å². The van der Waals surface area contributed by atoms with Gasteiger partial charge >= 0.3 is 0 Å². The summed E-state index contributed by atoms with van der Waals surface area (Å²) in [6, 6.07) is 9.86. The highest BCUT2D eigenvalue weighted by molar-refractivity contribution is 5.29. The largest absolute Gasteiger partial charge is 0.494 e. The van der Waals surface area contributed by atoms with Crippen LogP contribution in [0, 0.1) is 23.7 Å². The molecule has 2 heteroatoms. The van der Waals surface area contributed by atoms with Gasteiger partial charge < -0.3 is 10.1 Å². The fraction of sp³-hybridized carbons (Fsp3) is 0.667. The van der Waals surface area contributed by atoms with Crippen molar-refractivity contribution >= 4 is 0 Å². The number of hydrogen-bond donors (Lipinski definition) is 1. The van der Waals surface area contributed by atoms with Gasteiger partial charge in [0.25, 0.3) is 0 Å². The summed E-state index contributed by atoms with van der Waals surface area (Å²) >= 11 is 0. The van der Waals surface area contributed by atoms with Crippen molar-refractivity contribution < 1.29 is 4.74 Å². The van der Waals surface area contributed by atoms with E-state index < -0.39 is 0 Å². The fourth-order valence-corrected chi connectivity index (χ4v) is 4.95. The predicted octanol–water partition coefficient (Wildman–Crippen LogP) is 3.78. The molecule has 0 spiro atoms. The smallest absolute Gasteiger partial charge is 0.119 e. The second kappa shape index (κ2) is 4.77. The summed E-state index contributed by atoms with van der Waals surface area (Å²) < 4.78 is 5.51. The van der Waals surface area contributed by atoms with Gasteiger partial charge in [-0.2, -0.15) is 0 Å². The predicted molar refractivity (Wildman–Crippen MR) is 80.8 cm³/mol. The topological polar surface area (TPSA) is 21.3 Å². The van der Waals surface area contributed by atoms with Crippen LogP contribution in [0.15, 0.2) is 24.3 Å². The summed E-state index contributed by atoms with van der Waals surface area (Å²) in [5.74, 6) is 5.10. The lowest BCUT2D eigenvalue weighted by molar-refractivity contribution is 0.340. The maximum atomic E-state index is 5.51. The lowest BCUT2D eigenvalue weighted by Gasteiger charge is -2.17. The third-order valence-electron chi connectivity index (χ3n) is 5.87. The Morgan fingerprint density at radius 3 is 2.40 bits per heavy atom. The van der Waals surface area contributed by atoms with Crippen molar-refractivity contribution in [3.8, 4) is 5.75 Å². The zero-order chi connectivity index (χ0) is 13.7. The van der Waals surface area contributed by atoms with Gasteiger partial charge in [0, 0.05) is 12.1 Å². The van der Waals surface area contributed by atoms with E-state index in [9.17, 15) is 0 Å². The van der Waals surface area contributed by atoms with Crippen molar-refractivity contribution in [3.05, 3.63) is 29.8 Å². The Hall–Kier alpha value is -1.02. The van der Waals surface area contributed by atoms with Crippen LogP contribution in [0.25, 0.3) is 0 Å². The van der Waals surface area contributed by atoms with Crippen LogP contribution in [-0.2, 0) is 0 Å². The number of hydrogen-bond acceptors (Lipinski definition) is 2. The van der Waals surface area contributed by atoms with Crippen LogP contribution in [0.1, 0.15) is 44.7 Å². The Morgan fingerprint density at radius 1 is 1.15 bits per heavy atom. The number of rotatable bonds is 5. The first-order valence-electron chi connectivity index (χ1n) is 8.26. The summed E-state index contributed by atoms with van der Waals surface area (Å²) in [4.78, 5) is 0. The quantitative estimate of drug-likeness (QED) is 0.880. The maximum Gasteiger partial charge on any atom is 0.119 e. The molecule has 1 aromatic rings. The SMILES string of the molecule is CCOc1ccc(C(C)NC2C3C4CCC(C4)C23)cc1. The van der Waals surface area contributed by atoms with Gasteiger partial charge in [-0.3, -0.25) is 0 Å². The average molecular weight is 271 g/mol. The zero-order valence-corrected chi connectivity index (χ0v) is 12.5. The summed E-state index contributed by atoms with van der Waals surface area (Å²) in [5.41, 5.74) is 1.38. The lowest BCUT2D eigenvalue weighted by atomic mass is 10.0. The van der Waals surface area contributed by atoms with Crippen molar-refractivity contribution in [2.24, 2.45) is 23.7 Å². The molecule has 1 aromatic carbocycles. The monoisotopic (exact) mass is 271 g/mol. The normalized spacial score (nSPS) is 38.6. The zero-order valence-electron chi connectivity index (χ0n) is 12.5. The minimum Gasteiger partial charge on any atom is -0.494 e. The van der Waals surface area contributed by atoms with Crippen molar-refractivity contribution in [2.45, 2.75) is 45.2 Å². The van der Waals surface area contributed by atoms with Gasteiger partial charge in [-0.05, 0) is 74.5 Å². The van der Waals surface area contributed by atoms with Crippen LogP contribution >= 0.6 is 0 Å². The highest BCUT2D eigenvalue weighted by atomic mass is 16.5. The van der Waals surface area contributed by atoms with Crippen molar-refractivity contribution in [2.75, 3.05) is 6.61 Å². The number of nitrogens with one attached hydrogen (secondary N) is 1. The van der Waals surface area contributed by atoms with E-state index in [1.54, 1.807) is 0 Å². The van der Waals surface area contributed by atoms with Crippen LogP contribution in [-0.4, -0.2) is 12.6 Å². The van der Waals surface area contributed by atoms with Crippen LogP contribution in [0.2, 0.25) is 0 Å². The number of benzene rings is 1. The first kappa shape index (κ1) is 12.7. The van der Waals surface area contributed by atoms with Gasteiger partial charge in [-0.25, -0.2) is 0 Å². The van der Waals surface area contributed by atoms with Crippen molar-refractivity contribution in [3.63, 3.8) is 0 Å². The first-order valence-corrected chi connectivity index (χ1v) is 8.26. The molecule has 20 heavy (non-hydrogen) atoms. The molecule has 5 atom stereocenters. The third-order valence-corrected chi connectivity index (χ3v) is 5.87. The second-order valence-corrected chi connectivity index (χ2v) is 6.90. The molecular formula is C18H25NO. The van der Waals surface area contributed by atoms with Crippen LogP contribution in [0.5, 0.6) is 5.75 Å². The molecule has 0 aliphatic heterocycles. The van der Waals surface area contributed by atoms with Crippen LogP contribution in [0.3, 0.4) is 0 Å². The molecule has 108 valence electrons. The average Bonchev–Trinajstić information content (AvgIpc) is 2.85. The van der Waals surface area contributed by atoms with E-state index in [-0.39, 0.29) is 0 Å². The lowest BCUT2D eigenvalue weighted by Crippen LogP contribution is -2.26. The molecule has 4 rings (SSSR count). The molecule has 5 unspecified atom stereocenters. The number of ether oxygens (including phenoxy) is 1. The Balaban J connectivity index is 1.38. The highest BCUT2D eigenvalue weighted by Crippen LogP contribution is 2.65. The summed E-state index contributed by atoms with van der Waals surface area (Å²) in [6.07, 6.45) is 4.54. The van der Waals surface area contributed by atoms with Gasteiger partial charge in [0.2, 0.25) is 0 Å². The Morgan fingerprint density at radius 2 is 1.80 bits per heavy atom. The van der Waals surface area contributed by atoms with Gasteiger partial charge in [0.15, 0.2) is 0 Å². The molecule has 3 fully saturated rings. The maximum absolute atomic E-state index is 5.51. The molecule has 3 aliphatic carbocycles. The minimum absolute atomic E-state index is 0.459. The standard InChI is InChI=1S/C18H25NO/c1-3-20-15-8-6-12(7-9-15)11(2)19-18-16-13-4-5-14(10-13)17(16)18/h6-9,11,13-14,16-19H,3-5,10H2,1-2H3. The summed E-state index contributed by atoms with van der Waals surface area (Å²) in [6.45, 7) is 5.06. The van der Waals surface area contributed by atoms with Crippen LogP contribution < -0.4 is 10.1 Å². The van der Waals surface area contributed by atoms with Gasteiger partial charge in [-0.1, -0.05) is 12.1 Å². The molecule has 0 heterocycles. The number of fused-ring (bicyclic) bond motifs is 5. The molecule has 1 N–H and O–H groups in total. The Bertz CT molecular complexity index is 467. The third kappa shape index (κ3) is 1.96.